The number of amides is 2. The quantitative estimate of drug-likeness (QED) is 0.782. The second-order valence-corrected chi connectivity index (χ2v) is 7.13. The maximum Gasteiger partial charge on any atom is 0.260 e. The summed E-state index contributed by atoms with van der Waals surface area (Å²) in [5.41, 5.74) is 0. The average molecular weight is 362 g/mol. The summed E-state index contributed by atoms with van der Waals surface area (Å²) in [4.78, 5) is 28.5. The van der Waals surface area contributed by atoms with Crippen molar-refractivity contribution < 1.29 is 18.7 Å². The maximum atomic E-state index is 13.5. The van der Waals surface area contributed by atoms with E-state index in [4.69, 9.17) is 4.74 Å². The molecule has 1 heterocycles. The molecule has 142 valence electrons. The molecule has 1 aromatic carbocycles. The van der Waals surface area contributed by atoms with E-state index in [9.17, 15) is 14.0 Å². The van der Waals surface area contributed by atoms with Gasteiger partial charge < -0.3 is 14.5 Å². The van der Waals surface area contributed by atoms with Crippen LogP contribution in [0.5, 0.6) is 5.75 Å². The minimum atomic E-state index is -0.483. The number of carbonyl (C=O) groups is 2. The second kappa shape index (κ2) is 8.52. The molecule has 1 saturated heterocycles. The minimum absolute atomic E-state index is 0.0726. The van der Waals surface area contributed by atoms with Crippen molar-refractivity contribution in [2.24, 2.45) is 5.92 Å². The summed E-state index contributed by atoms with van der Waals surface area (Å²) in [5, 5.41) is 0. The van der Waals surface area contributed by atoms with Crippen molar-refractivity contribution >= 4 is 11.8 Å². The van der Waals surface area contributed by atoms with Crippen LogP contribution in [0.25, 0.3) is 0 Å². The van der Waals surface area contributed by atoms with Gasteiger partial charge in [-0.15, -0.1) is 0 Å². The van der Waals surface area contributed by atoms with Crippen molar-refractivity contribution in [3.63, 3.8) is 0 Å². The number of ether oxygens (including phenoxy) is 1. The van der Waals surface area contributed by atoms with Gasteiger partial charge in [0.25, 0.3) is 5.91 Å². The summed E-state index contributed by atoms with van der Waals surface area (Å²) in [7, 11) is 0. The van der Waals surface area contributed by atoms with Crippen molar-refractivity contribution in [3.8, 4) is 5.75 Å². The van der Waals surface area contributed by atoms with Gasteiger partial charge in [0.15, 0.2) is 18.2 Å². The van der Waals surface area contributed by atoms with Crippen LogP contribution < -0.4 is 4.74 Å². The molecule has 5 nitrogen and oxygen atoms in total. The first-order valence-corrected chi connectivity index (χ1v) is 9.55. The topological polar surface area (TPSA) is 49.9 Å². The number of likely N-dealkylation sites (tertiary alicyclic amines) is 1. The van der Waals surface area contributed by atoms with Crippen LogP contribution in [0.2, 0.25) is 0 Å². The lowest BCUT2D eigenvalue weighted by atomic mass is 9.91. The van der Waals surface area contributed by atoms with Crippen molar-refractivity contribution in [1.29, 1.82) is 0 Å². The molecule has 26 heavy (non-hydrogen) atoms. The number of para-hydroxylation sites is 1. The van der Waals surface area contributed by atoms with E-state index in [2.05, 4.69) is 0 Å². The molecule has 1 saturated carbocycles. The molecule has 0 atom stereocenters. The fraction of sp³-hybridized carbons (Fsp3) is 0.600. The Hall–Kier alpha value is -2.11. The molecular formula is C20H27FN2O3. The van der Waals surface area contributed by atoms with Gasteiger partial charge in [0, 0.05) is 25.7 Å². The Morgan fingerprint density at radius 1 is 1.19 bits per heavy atom. The van der Waals surface area contributed by atoms with Crippen molar-refractivity contribution in [3.05, 3.63) is 30.1 Å². The van der Waals surface area contributed by atoms with Gasteiger partial charge >= 0.3 is 0 Å². The lowest BCUT2D eigenvalue weighted by Crippen LogP contribution is -2.58. The van der Waals surface area contributed by atoms with Crippen molar-refractivity contribution in [1.82, 2.24) is 9.80 Å². The molecule has 0 spiro atoms. The Morgan fingerprint density at radius 2 is 1.88 bits per heavy atom. The van der Waals surface area contributed by atoms with Gasteiger partial charge in [-0.05, 0) is 31.9 Å². The molecule has 2 amide bonds. The first kappa shape index (κ1) is 18.7. The van der Waals surface area contributed by atoms with Crippen LogP contribution in [0.4, 0.5) is 4.39 Å². The molecule has 0 bridgehead atoms. The predicted molar refractivity (Wildman–Crippen MR) is 96.2 cm³/mol. The highest BCUT2D eigenvalue weighted by Gasteiger charge is 2.39. The molecule has 0 N–H and O–H groups in total. The molecule has 0 aromatic heterocycles. The van der Waals surface area contributed by atoms with E-state index in [-0.39, 0.29) is 30.1 Å². The number of hydrogen-bond acceptors (Lipinski definition) is 3. The molecule has 1 aliphatic heterocycles. The summed E-state index contributed by atoms with van der Waals surface area (Å²) < 4.78 is 18.8. The van der Waals surface area contributed by atoms with Crippen LogP contribution in [-0.2, 0) is 9.59 Å². The third kappa shape index (κ3) is 4.17. The zero-order valence-electron chi connectivity index (χ0n) is 15.3. The van der Waals surface area contributed by atoms with Gasteiger partial charge in [-0.3, -0.25) is 9.59 Å². The lowest BCUT2D eigenvalue weighted by Gasteiger charge is -2.43. The Labute approximate surface area is 154 Å². The Balaban J connectivity index is 1.45. The smallest absolute Gasteiger partial charge is 0.260 e. The molecule has 1 aromatic rings. The number of hydrogen-bond donors (Lipinski definition) is 0. The predicted octanol–water partition coefficient (Wildman–Crippen LogP) is 2.84. The Bertz CT molecular complexity index is 640. The van der Waals surface area contributed by atoms with Gasteiger partial charge in [0.2, 0.25) is 5.91 Å². The van der Waals surface area contributed by atoms with Gasteiger partial charge in [-0.2, -0.15) is 0 Å². The first-order valence-electron chi connectivity index (χ1n) is 9.55. The van der Waals surface area contributed by atoms with Gasteiger partial charge in [-0.1, -0.05) is 31.4 Å². The number of rotatable bonds is 6. The third-order valence-electron chi connectivity index (χ3n) is 5.41. The molecule has 6 heteroatoms. The van der Waals surface area contributed by atoms with Gasteiger partial charge in [0.05, 0.1) is 5.92 Å². The van der Waals surface area contributed by atoms with E-state index < -0.39 is 5.82 Å². The highest BCUT2D eigenvalue weighted by Crippen LogP contribution is 2.26. The largest absolute Gasteiger partial charge is 0.481 e. The van der Waals surface area contributed by atoms with E-state index in [1.165, 1.54) is 31.4 Å². The average Bonchev–Trinajstić information content (AvgIpc) is 2.61. The number of halogens is 1. The van der Waals surface area contributed by atoms with Crippen molar-refractivity contribution in [2.45, 2.75) is 45.1 Å². The molecular weight excluding hydrogens is 335 g/mol. The van der Waals surface area contributed by atoms with E-state index in [1.807, 2.05) is 11.8 Å². The molecule has 2 aliphatic rings. The first-order chi connectivity index (χ1) is 12.6. The van der Waals surface area contributed by atoms with Crippen LogP contribution in [0.15, 0.2) is 24.3 Å². The SMILES string of the molecule is CCN(C(=O)C1CN(C(=O)COc2ccccc2F)C1)C1CCCCC1. The van der Waals surface area contributed by atoms with Crippen LogP contribution in [-0.4, -0.2) is 53.9 Å². The van der Waals surface area contributed by atoms with Crippen LogP contribution in [0.1, 0.15) is 39.0 Å². The summed E-state index contributed by atoms with van der Waals surface area (Å²) in [6, 6.07) is 6.38. The van der Waals surface area contributed by atoms with E-state index >= 15 is 0 Å². The molecule has 1 aliphatic carbocycles. The van der Waals surface area contributed by atoms with Crippen LogP contribution in [0, 0.1) is 11.7 Å². The highest BCUT2D eigenvalue weighted by molar-refractivity contribution is 5.85. The zero-order chi connectivity index (χ0) is 18.5. The fourth-order valence-electron chi connectivity index (χ4n) is 3.85. The Kier molecular flexibility index (Phi) is 6.12. The Morgan fingerprint density at radius 3 is 2.54 bits per heavy atom. The summed E-state index contributed by atoms with van der Waals surface area (Å²) in [6.07, 6.45) is 5.82. The number of nitrogens with zero attached hydrogens (tertiary/aromatic N) is 2. The number of benzene rings is 1. The van der Waals surface area contributed by atoms with Crippen LogP contribution in [0.3, 0.4) is 0 Å². The third-order valence-corrected chi connectivity index (χ3v) is 5.41. The fourth-order valence-corrected chi connectivity index (χ4v) is 3.85. The normalized spacial score (nSPS) is 18.3. The summed E-state index contributed by atoms with van der Waals surface area (Å²) in [6.45, 7) is 3.41. The summed E-state index contributed by atoms with van der Waals surface area (Å²) >= 11 is 0. The molecule has 3 rings (SSSR count). The highest BCUT2D eigenvalue weighted by atomic mass is 19.1. The monoisotopic (exact) mass is 362 g/mol. The standard InChI is InChI=1S/C20H27FN2O3/c1-2-23(16-8-4-3-5-9-16)20(25)15-12-22(13-15)19(24)14-26-18-11-7-6-10-17(18)21/h6-7,10-11,15-16H,2-5,8-9,12-14H2,1H3. The van der Waals surface area contributed by atoms with Gasteiger partial charge in [0.1, 0.15) is 0 Å². The lowest BCUT2D eigenvalue weighted by molar-refractivity contribution is -0.151. The van der Waals surface area contributed by atoms with E-state index in [0.29, 0.717) is 19.1 Å². The van der Waals surface area contributed by atoms with E-state index in [0.717, 1.165) is 19.4 Å². The summed E-state index contributed by atoms with van der Waals surface area (Å²) in [5.74, 6) is -0.572. The van der Waals surface area contributed by atoms with Crippen LogP contribution >= 0.6 is 0 Å². The maximum absolute atomic E-state index is 13.5. The molecule has 2 fully saturated rings. The zero-order valence-corrected chi connectivity index (χ0v) is 15.3. The second-order valence-electron chi connectivity index (χ2n) is 7.13. The van der Waals surface area contributed by atoms with Gasteiger partial charge in [-0.25, -0.2) is 4.39 Å². The molecule has 0 unspecified atom stereocenters. The molecule has 0 radical (unpaired) electrons. The number of carbonyl (C=O) groups excluding carboxylic acids is 2. The van der Waals surface area contributed by atoms with Crippen molar-refractivity contribution in [2.75, 3.05) is 26.2 Å². The minimum Gasteiger partial charge on any atom is -0.481 e. The van der Waals surface area contributed by atoms with E-state index in [1.54, 1.807) is 17.0 Å².